The van der Waals surface area contributed by atoms with Crippen LogP contribution in [0.4, 0.5) is 5.69 Å². The van der Waals surface area contributed by atoms with E-state index in [9.17, 15) is 4.79 Å². The normalized spacial score (nSPS) is 15.7. The summed E-state index contributed by atoms with van der Waals surface area (Å²) in [6, 6.07) is 17.4. The second-order valence-electron chi connectivity index (χ2n) is 6.04. The zero-order valence-corrected chi connectivity index (χ0v) is 14.9. The lowest BCUT2D eigenvalue weighted by Crippen LogP contribution is -2.42. The number of guanidine groups is 1. The van der Waals surface area contributed by atoms with Crippen molar-refractivity contribution in [1.29, 1.82) is 0 Å². The average Bonchev–Trinajstić information content (AvgIpc) is 3.08. The van der Waals surface area contributed by atoms with Crippen LogP contribution >= 0.6 is 0 Å². The van der Waals surface area contributed by atoms with Gasteiger partial charge in [-0.15, -0.1) is 0 Å². The molecule has 6 nitrogen and oxygen atoms in total. The Kier molecular flexibility index (Phi) is 6.09. The minimum Gasteiger partial charge on any atom is -0.488 e. The number of carbonyl (C=O) groups excluding carboxylic acids is 1. The molecule has 26 heavy (non-hydrogen) atoms. The van der Waals surface area contributed by atoms with Gasteiger partial charge in [-0.1, -0.05) is 36.4 Å². The van der Waals surface area contributed by atoms with Gasteiger partial charge in [-0.25, -0.2) is 4.99 Å². The minimum atomic E-state index is -0.155. The van der Waals surface area contributed by atoms with E-state index in [1.54, 1.807) is 0 Å². The number of aliphatic imine (C=N–C) groups is 1. The minimum absolute atomic E-state index is 0.0516. The molecule has 1 aliphatic rings. The molecule has 0 radical (unpaired) electrons. The Morgan fingerprint density at radius 3 is 2.65 bits per heavy atom. The van der Waals surface area contributed by atoms with Crippen LogP contribution in [-0.2, 0) is 11.2 Å². The van der Waals surface area contributed by atoms with Gasteiger partial charge in [0.25, 0.3) is 0 Å². The molecule has 0 aliphatic carbocycles. The van der Waals surface area contributed by atoms with E-state index >= 15 is 0 Å². The fourth-order valence-electron chi connectivity index (χ4n) is 2.79. The summed E-state index contributed by atoms with van der Waals surface area (Å²) in [6.07, 6.45) is 0.936. The average molecular weight is 352 g/mol. The number of para-hydroxylation sites is 2. The maximum Gasteiger partial charge on any atom is 0.246 e. The van der Waals surface area contributed by atoms with Gasteiger partial charge >= 0.3 is 0 Å². The first-order valence-corrected chi connectivity index (χ1v) is 8.86. The van der Waals surface area contributed by atoms with Crippen LogP contribution in [0.25, 0.3) is 0 Å². The number of hydrogen-bond acceptors (Lipinski definition) is 3. The highest BCUT2D eigenvalue weighted by Crippen LogP contribution is 2.27. The van der Waals surface area contributed by atoms with Crippen LogP contribution in [0.15, 0.2) is 59.6 Å². The maximum atomic E-state index is 12.0. The molecule has 2 aromatic rings. The highest BCUT2D eigenvalue weighted by Gasteiger charge is 2.22. The highest BCUT2D eigenvalue weighted by molar-refractivity contribution is 5.94. The van der Waals surface area contributed by atoms with Crippen molar-refractivity contribution in [1.82, 2.24) is 10.6 Å². The van der Waals surface area contributed by atoms with Crippen LogP contribution in [0.1, 0.15) is 12.5 Å². The largest absolute Gasteiger partial charge is 0.488 e. The number of ether oxygens (including phenoxy) is 1. The molecule has 3 rings (SSSR count). The number of anilines is 1. The topological polar surface area (TPSA) is 74.8 Å². The Bertz CT molecular complexity index is 736. The van der Waals surface area contributed by atoms with Crippen LogP contribution in [0.3, 0.4) is 0 Å². The lowest BCUT2D eigenvalue weighted by Gasteiger charge is -2.15. The van der Waals surface area contributed by atoms with Crippen molar-refractivity contribution in [2.24, 2.45) is 4.99 Å². The van der Waals surface area contributed by atoms with Crippen LogP contribution in [0, 0.1) is 0 Å². The van der Waals surface area contributed by atoms with Crippen molar-refractivity contribution >= 4 is 17.6 Å². The number of benzene rings is 2. The van der Waals surface area contributed by atoms with E-state index in [2.05, 4.69) is 27.0 Å². The maximum absolute atomic E-state index is 12.0. The van der Waals surface area contributed by atoms with Crippen molar-refractivity contribution in [3.63, 3.8) is 0 Å². The van der Waals surface area contributed by atoms with Gasteiger partial charge in [-0.2, -0.15) is 0 Å². The Hall–Kier alpha value is -3.02. The lowest BCUT2D eigenvalue weighted by atomic mass is 10.1. The number of amides is 1. The summed E-state index contributed by atoms with van der Waals surface area (Å²) in [6.45, 7) is 3.39. The molecule has 1 heterocycles. The predicted octanol–water partition coefficient (Wildman–Crippen LogP) is 2.18. The predicted molar refractivity (Wildman–Crippen MR) is 104 cm³/mol. The number of nitrogens with one attached hydrogen (secondary N) is 3. The molecule has 1 amide bonds. The zero-order chi connectivity index (χ0) is 18.2. The summed E-state index contributed by atoms with van der Waals surface area (Å²) in [4.78, 5) is 16.4. The quantitative estimate of drug-likeness (QED) is 0.550. The first kappa shape index (κ1) is 17.8. The molecular weight excluding hydrogens is 328 g/mol. The van der Waals surface area contributed by atoms with Gasteiger partial charge in [-0.3, -0.25) is 4.79 Å². The molecule has 1 atom stereocenters. The van der Waals surface area contributed by atoms with Crippen molar-refractivity contribution in [2.75, 3.05) is 25.0 Å². The van der Waals surface area contributed by atoms with Crippen LogP contribution < -0.4 is 20.7 Å². The van der Waals surface area contributed by atoms with Crippen molar-refractivity contribution in [3.8, 4) is 5.75 Å². The smallest absolute Gasteiger partial charge is 0.246 e. The number of fused-ring (bicyclic) bond motifs is 1. The fourth-order valence-corrected chi connectivity index (χ4v) is 2.79. The molecule has 0 spiro atoms. The number of rotatable bonds is 6. The summed E-state index contributed by atoms with van der Waals surface area (Å²) in [5, 5.41) is 9.22. The molecule has 0 saturated heterocycles. The first-order chi connectivity index (χ1) is 12.7. The summed E-state index contributed by atoms with van der Waals surface area (Å²) >= 11 is 0. The molecule has 0 fully saturated rings. The van der Waals surface area contributed by atoms with E-state index in [1.165, 1.54) is 5.56 Å². The molecule has 6 heteroatoms. The fraction of sp³-hybridized carbons (Fsp3) is 0.300. The van der Waals surface area contributed by atoms with Crippen LogP contribution in [0.2, 0.25) is 0 Å². The molecule has 1 aliphatic heterocycles. The molecule has 0 aromatic heterocycles. The number of carbonyl (C=O) groups is 1. The van der Waals surface area contributed by atoms with Crippen molar-refractivity contribution in [2.45, 2.75) is 19.4 Å². The summed E-state index contributed by atoms with van der Waals surface area (Å²) < 4.78 is 5.92. The molecular formula is C20H24N4O2. The van der Waals surface area contributed by atoms with E-state index in [4.69, 9.17) is 4.74 Å². The summed E-state index contributed by atoms with van der Waals surface area (Å²) in [5.74, 6) is 1.40. The summed E-state index contributed by atoms with van der Waals surface area (Å²) in [7, 11) is 0. The second-order valence-corrected chi connectivity index (χ2v) is 6.04. The van der Waals surface area contributed by atoms with Gasteiger partial charge in [-0.05, 0) is 30.7 Å². The monoisotopic (exact) mass is 352 g/mol. The van der Waals surface area contributed by atoms with Gasteiger partial charge in [0.15, 0.2) is 5.96 Å². The Labute approximate surface area is 153 Å². The van der Waals surface area contributed by atoms with Crippen molar-refractivity contribution in [3.05, 3.63) is 60.2 Å². The highest BCUT2D eigenvalue weighted by atomic mass is 16.5. The number of hydrogen-bond donors (Lipinski definition) is 3. The van der Waals surface area contributed by atoms with Crippen molar-refractivity contribution < 1.29 is 9.53 Å². The molecule has 0 bridgehead atoms. The third-order valence-corrected chi connectivity index (χ3v) is 3.99. The third kappa shape index (κ3) is 4.99. The Balaban J connectivity index is 1.49. The van der Waals surface area contributed by atoms with Gasteiger partial charge in [0.05, 0.1) is 6.54 Å². The lowest BCUT2D eigenvalue weighted by molar-refractivity contribution is -0.114. The molecule has 3 N–H and O–H groups in total. The zero-order valence-electron chi connectivity index (χ0n) is 14.9. The Morgan fingerprint density at radius 1 is 1.12 bits per heavy atom. The van der Waals surface area contributed by atoms with E-state index in [1.807, 2.05) is 55.5 Å². The van der Waals surface area contributed by atoms with Gasteiger partial charge in [0, 0.05) is 18.7 Å². The summed E-state index contributed by atoms with van der Waals surface area (Å²) in [5.41, 5.74) is 1.99. The van der Waals surface area contributed by atoms with E-state index in [0.717, 1.165) is 24.4 Å². The standard InChI is InChI=1S/C20H24N4O2/c1-2-21-20(23-14-19(25)24-16-9-4-3-5-10-16)22-13-17-12-15-8-6-7-11-18(15)26-17/h3-11,17H,2,12-14H2,1H3,(H,24,25)(H2,21,22,23). The molecule has 0 saturated carbocycles. The number of nitrogens with zero attached hydrogens (tertiary/aromatic N) is 1. The van der Waals surface area contributed by atoms with Gasteiger partial charge < -0.3 is 20.7 Å². The molecule has 2 aromatic carbocycles. The third-order valence-electron chi connectivity index (χ3n) is 3.99. The first-order valence-electron chi connectivity index (χ1n) is 8.86. The molecule has 1 unspecified atom stereocenters. The van der Waals surface area contributed by atoms with E-state index in [0.29, 0.717) is 12.5 Å². The molecule has 136 valence electrons. The SMILES string of the molecule is CCNC(=NCC(=O)Nc1ccccc1)NCC1Cc2ccccc2O1. The van der Waals surface area contributed by atoms with Gasteiger partial charge in [0.1, 0.15) is 18.4 Å². The Morgan fingerprint density at radius 2 is 1.88 bits per heavy atom. The van der Waals surface area contributed by atoms with E-state index in [-0.39, 0.29) is 18.6 Å². The van der Waals surface area contributed by atoms with Crippen LogP contribution in [0.5, 0.6) is 5.75 Å². The second kappa shape index (κ2) is 8.89. The van der Waals surface area contributed by atoms with Crippen LogP contribution in [-0.4, -0.2) is 37.6 Å². The van der Waals surface area contributed by atoms with Gasteiger partial charge in [0.2, 0.25) is 5.91 Å². The van der Waals surface area contributed by atoms with E-state index < -0.39 is 0 Å².